The maximum absolute atomic E-state index is 5.18. The summed E-state index contributed by atoms with van der Waals surface area (Å²) in [6.07, 6.45) is 3.27. The third-order valence-corrected chi connectivity index (χ3v) is 3.77. The average molecular weight is 283 g/mol. The number of nitrogens with one attached hydrogen (secondary N) is 1. The first-order valence-electron chi connectivity index (χ1n) is 7.69. The van der Waals surface area contributed by atoms with Crippen molar-refractivity contribution < 1.29 is 4.74 Å². The molecule has 2 aromatic rings. The van der Waals surface area contributed by atoms with Gasteiger partial charge in [-0.3, -0.25) is 0 Å². The van der Waals surface area contributed by atoms with Crippen LogP contribution in [0.4, 0.5) is 5.69 Å². The number of anilines is 1. The Bertz CT molecular complexity index is 548. The molecule has 21 heavy (non-hydrogen) atoms. The van der Waals surface area contributed by atoms with E-state index in [-0.39, 0.29) is 0 Å². The lowest BCUT2D eigenvalue weighted by atomic mass is 10.1. The number of rotatable bonds is 7. The molecule has 0 fully saturated rings. The van der Waals surface area contributed by atoms with E-state index in [1.54, 1.807) is 7.11 Å². The zero-order valence-corrected chi connectivity index (χ0v) is 13.2. The number of hydrogen-bond acceptors (Lipinski definition) is 2. The van der Waals surface area contributed by atoms with E-state index < -0.39 is 0 Å². The highest BCUT2D eigenvalue weighted by molar-refractivity contribution is 5.46. The van der Waals surface area contributed by atoms with Crippen LogP contribution in [0.3, 0.4) is 0 Å². The van der Waals surface area contributed by atoms with Crippen LogP contribution < -0.4 is 10.1 Å². The van der Waals surface area contributed by atoms with Crippen LogP contribution in [0.5, 0.6) is 5.75 Å². The summed E-state index contributed by atoms with van der Waals surface area (Å²) in [6.45, 7) is 4.42. The van der Waals surface area contributed by atoms with Gasteiger partial charge in [-0.05, 0) is 61.6 Å². The molecule has 2 nitrogen and oxygen atoms in total. The fourth-order valence-corrected chi connectivity index (χ4v) is 2.41. The molecule has 0 aromatic heterocycles. The molecule has 1 N–H and O–H groups in total. The second-order valence-electron chi connectivity index (χ2n) is 5.49. The van der Waals surface area contributed by atoms with Gasteiger partial charge in [-0.15, -0.1) is 0 Å². The van der Waals surface area contributed by atoms with Gasteiger partial charge in [0.05, 0.1) is 7.11 Å². The number of hydrogen-bond donors (Lipinski definition) is 1. The number of ether oxygens (including phenoxy) is 1. The smallest absolute Gasteiger partial charge is 0.118 e. The quantitative estimate of drug-likeness (QED) is 0.796. The van der Waals surface area contributed by atoms with Crippen molar-refractivity contribution in [3.63, 3.8) is 0 Å². The standard InChI is InChI=1S/C19H25NO/c1-4-16-6-5-7-18(14-16)20-15(2)8-9-17-10-12-19(21-3)13-11-17/h5-7,10-15,20H,4,8-9H2,1-3H3. The van der Waals surface area contributed by atoms with Gasteiger partial charge in [0, 0.05) is 11.7 Å². The minimum atomic E-state index is 0.458. The third kappa shape index (κ3) is 4.82. The normalized spacial score (nSPS) is 12.0. The highest BCUT2D eigenvalue weighted by Gasteiger charge is 2.03. The van der Waals surface area contributed by atoms with Crippen LogP contribution in [0.2, 0.25) is 0 Å². The van der Waals surface area contributed by atoms with Crippen LogP contribution in [-0.2, 0) is 12.8 Å². The van der Waals surface area contributed by atoms with Gasteiger partial charge in [0.2, 0.25) is 0 Å². The van der Waals surface area contributed by atoms with Crippen LogP contribution >= 0.6 is 0 Å². The SMILES string of the molecule is CCc1cccc(NC(C)CCc2ccc(OC)cc2)c1. The third-order valence-electron chi connectivity index (χ3n) is 3.77. The summed E-state index contributed by atoms with van der Waals surface area (Å²) in [5.41, 5.74) is 3.95. The van der Waals surface area contributed by atoms with Crippen molar-refractivity contribution in [1.29, 1.82) is 0 Å². The van der Waals surface area contributed by atoms with Gasteiger partial charge in [0.15, 0.2) is 0 Å². The Morgan fingerprint density at radius 1 is 1.05 bits per heavy atom. The molecule has 0 heterocycles. The number of aryl methyl sites for hydroxylation is 2. The van der Waals surface area contributed by atoms with Gasteiger partial charge >= 0.3 is 0 Å². The minimum absolute atomic E-state index is 0.458. The number of benzene rings is 2. The van der Waals surface area contributed by atoms with Gasteiger partial charge in [0.1, 0.15) is 5.75 Å². The second-order valence-corrected chi connectivity index (χ2v) is 5.49. The maximum atomic E-state index is 5.18. The van der Waals surface area contributed by atoms with E-state index in [4.69, 9.17) is 4.74 Å². The first-order valence-corrected chi connectivity index (χ1v) is 7.69. The van der Waals surface area contributed by atoms with Crippen LogP contribution in [0.1, 0.15) is 31.4 Å². The van der Waals surface area contributed by atoms with E-state index in [2.05, 4.69) is 55.6 Å². The van der Waals surface area contributed by atoms with Crippen molar-refractivity contribution in [2.45, 2.75) is 39.2 Å². The lowest BCUT2D eigenvalue weighted by Gasteiger charge is -2.16. The summed E-state index contributed by atoms with van der Waals surface area (Å²) in [5, 5.41) is 3.58. The Balaban J connectivity index is 1.84. The molecular formula is C19H25NO. The molecular weight excluding hydrogens is 258 g/mol. The highest BCUT2D eigenvalue weighted by atomic mass is 16.5. The van der Waals surface area contributed by atoms with Crippen molar-refractivity contribution in [2.75, 3.05) is 12.4 Å². The van der Waals surface area contributed by atoms with E-state index in [0.29, 0.717) is 6.04 Å². The van der Waals surface area contributed by atoms with Crippen molar-refractivity contribution in [3.8, 4) is 5.75 Å². The largest absolute Gasteiger partial charge is 0.497 e. The molecule has 0 bridgehead atoms. The van der Waals surface area contributed by atoms with Gasteiger partial charge in [-0.1, -0.05) is 31.2 Å². The topological polar surface area (TPSA) is 21.3 Å². The molecule has 2 heteroatoms. The van der Waals surface area contributed by atoms with E-state index in [1.165, 1.54) is 16.8 Å². The van der Waals surface area contributed by atoms with E-state index in [9.17, 15) is 0 Å². The Labute approximate surface area is 128 Å². The van der Waals surface area contributed by atoms with E-state index in [1.807, 2.05) is 12.1 Å². The summed E-state index contributed by atoms with van der Waals surface area (Å²) >= 11 is 0. The Kier molecular flexibility index (Phi) is 5.68. The Morgan fingerprint density at radius 3 is 2.48 bits per heavy atom. The zero-order valence-electron chi connectivity index (χ0n) is 13.2. The van der Waals surface area contributed by atoms with Crippen molar-refractivity contribution in [1.82, 2.24) is 0 Å². The first kappa shape index (κ1) is 15.4. The lowest BCUT2D eigenvalue weighted by Crippen LogP contribution is -2.16. The van der Waals surface area contributed by atoms with Crippen LogP contribution in [0, 0.1) is 0 Å². The summed E-state index contributed by atoms with van der Waals surface area (Å²) in [7, 11) is 1.70. The molecule has 0 aliphatic rings. The van der Waals surface area contributed by atoms with Gasteiger partial charge < -0.3 is 10.1 Å². The minimum Gasteiger partial charge on any atom is -0.497 e. The van der Waals surface area contributed by atoms with Gasteiger partial charge in [-0.25, -0.2) is 0 Å². The molecule has 1 unspecified atom stereocenters. The van der Waals surface area contributed by atoms with Crippen LogP contribution in [0.25, 0.3) is 0 Å². The second kappa shape index (κ2) is 7.72. The fourth-order valence-electron chi connectivity index (χ4n) is 2.41. The fraction of sp³-hybridized carbons (Fsp3) is 0.368. The zero-order chi connectivity index (χ0) is 15.1. The van der Waals surface area contributed by atoms with Crippen molar-refractivity contribution in [2.24, 2.45) is 0 Å². The molecule has 1 atom stereocenters. The summed E-state index contributed by atoms with van der Waals surface area (Å²) in [5.74, 6) is 0.918. The van der Waals surface area contributed by atoms with Crippen LogP contribution in [0.15, 0.2) is 48.5 Å². The maximum Gasteiger partial charge on any atom is 0.118 e. The molecule has 0 aliphatic heterocycles. The summed E-state index contributed by atoms with van der Waals surface area (Å²) in [6, 6.07) is 17.5. The molecule has 112 valence electrons. The molecule has 2 aromatic carbocycles. The molecule has 0 radical (unpaired) electrons. The Hall–Kier alpha value is -1.96. The predicted octanol–water partition coefficient (Wildman–Crippen LogP) is 4.69. The molecule has 0 aliphatic carbocycles. The summed E-state index contributed by atoms with van der Waals surface area (Å²) < 4.78 is 5.18. The first-order chi connectivity index (χ1) is 10.2. The van der Waals surface area contributed by atoms with E-state index in [0.717, 1.165) is 25.0 Å². The van der Waals surface area contributed by atoms with Gasteiger partial charge in [0.25, 0.3) is 0 Å². The molecule has 0 saturated carbocycles. The average Bonchev–Trinajstić information content (AvgIpc) is 2.53. The van der Waals surface area contributed by atoms with Crippen LogP contribution in [-0.4, -0.2) is 13.2 Å². The number of methoxy groups -OCH3 is 1. The highest BCUT2D eigenvalue weighted by Crippen LogP contribution is 2.16. The lowest BCUT2D eigenvalue weighted by molar-refractivity contribution is 0.414. The molecule has 0 amide bonds. The monoisotopic (exact) mass is 283 g/mol. The van der Waals surface area contributed by atoms with E-state index >= 15 is 0 Å². The molecule has 2 rings (SSSR count). The Morgan fingerprint density at radius 2 is 1.81 bits per heavy atom. The molecule has 0 spiro atoms. The van der Waals surface area contributed by atoms with Crippen molar-refractivity contribution >= 4 is 5.69 Å². The van der Waals surface area contributed by atoms with Gasteiger partial charge in [-0.2, -0.15) is 0 Å². The molecule has 0 saturated heterocycles. The predicted molar refractivity (Wildman–Crippen MR) is 90.2 cm³/mol. The summed E-state index contributed by atoms with van der Waals surface area (Å²) in [4.78, 5) is 0. The van der Waals surface area contributed by atoms with Crippen molar-refractivity contribution in [3.05, 3.63) is 59.7 Å².